The molecule has 7 nitrogen and oxygen atoms in total. The Morgan fingerprint density at radius 2 is 1.80 bits per heavy atom. The maximum absolute atomic E-state index is 12.2. The summed E-state index contributed by atoms with van der Waals surface area (Å²) in [5, 5.41) is 0. The largest absolute Gasteiger partial charge is 0.493 e. The fraction of sp³-hybridized carbons (Fsp3) is 0.556. The average molecular weight is 347 g/mol. The molecule has 0 atom stereocenters. The summed E-state index contributed by atoms with van der Waals surface area (Å²) < 4.78 is 10.8. The van der Waals surface area contributed by atoms with E-state index in [-0.39, 0.29) is 24.3 Å². The summed E-state index contributed by atoms with van der Waals surface area (Å²) in [4.78, 5) is 27.6. The lowest BCUT2D eigenvalue weighted by atomic mass is 9.94. The molecule has 0 bridgehead atoms. The number of carbonyl (C=O) groups is 2. The van der Waals surface area contributed by atoms with Crippen LogP contribution >= 0.6 is 0 Å². The zero-order valence-electron chi connectivity index (χ0n) is 14.5. The normalized spacial score (nSPS) is 19.3. The number of piperidine rings is 1. The molecule has 2 fully saturated rings. The molecule has 2 heterocycles. The van der Waals surface area contributed by atoms with Gasteiger partial charge in [-0.2, -0.15) is 0 Å². The lowest BCUT2D eigenvalue weighted by molar-refractivity contribution is -0.141. The Hall–Kier alpha value is -2.28. The second kappa shape index (κ2) is 7.74. The number of para-hydroxylation sites is 2. The van der Waals surface area contributed by atoms with Gasteiger partial charge in [-0.15, -0.1) is 0 Å². The van der Waals surface area contributed by atoms with Crippen LogP contribution in [-0.2, 0) is 9.59 Å². The number of hydrogen-bond acceptors (Lipinski definition) is 5. The van der Waals surface area contributed by atoms with E-state index in [0.717, 1.165) is 39.0 Å². The molecular weight excluding hydrogens is 322 g/mol. The number of nitrogens with two attached hydrogens (primary N) is 1. The molecule has 2 amide bonds. The first-order chi connectivity index (χ1) is 12.1. The molecular formula is C18H25N3O4. The van der Waals surface area contributed by atoms with Crippen LogP contribution < -0.4 is 15.2 Å². The predicted octanol–water partition coefficient (Wildman–Crippen LogP) is 0.482. The van der Waals surface area contributed by atoms with Gasteiger partial charge in [0, 0.05) is 25.0 Å². The maximum atomic E-state index is 12.2. The van der Waals surface area contributed by atoms with E-state index < -0.39 is 0 Å². The molecule has 1 aromatic rings. The molecule has 2 aliphatic heterocycles. The van der Waals surface area contributed by atoms with Gasteiger partial charge in [0.2, 0.25) is 5.91 Å². The summed E-state index contributed by atoms with van der Waals surface area (Å²) in [6, 6.07) is 7.67. The van der Waals surface area contributed by atoms with E-state index in [2.05, 4.69) is 4.90 Å². The standard InChI is InChI=1S/C18H25N3O4/c1-24-15-4-2-3-5-16(15)25-12-17(22)21-10-14(11-21)20-8-6-13(7-9-20)18(19)23/h2-5,13-14H,6-12H2,1H3,(H2,19,23). The highest BCUT2D eigenvalue weighted by atomic mass is 16.5. The number of nitrogens with zero attached hydrogens (tertiary/aromatic N) is 2. The lowest BCUT2D eigenvalue weighted by Gasteiger charge is -2.47. The second-order valence-corrected chi connectivity index (χ2v) is 6.60. The zero-order chi connectivity index (χ0) is 17.8. The van der Waals surface area contributed by atoms with Crippen LogP contribution in [0.4, 0.5) is 0 Å². The number of likely N-dealkylation sites (tertiary alicyclic amines) is 2. The van der Waals surface area contributed by atoms with Gasteiger partial charge in [0.05, 0.1) is 7.11 Å². The van der Waals surface area contributed by atoms with Gasteiger partial charge in [-0.3, -0.25) is 14.5 Å². The number of amides is 2. The third-order valence-electron chi connectivity index (χ3n) is 5.08. The van der Waals surface area contributed by atoms with Gasteiger partial charge in [-0.05, 0) is 38.1 Å². The molecule has 0 radical (unpaired) electrons. The monoisotopic (exact) mass is 347 g/mol. The number of hydrogen-bond donors (Lipinski definition) is 1. The van der Waals surface area contributed by atoms with E-state index in [1.165, 1.54) is 0 Å². The first-order valence-corrected chi connectivity index (χ1v) is 8.65. The number of benzene rings is 1. The second-order valence-electron chi connectivity index (χ2n) is 6.60. The molecule has 3 rings (SSSR count). The van der Waals surface area contributed by atoms with Crippen molar-refractivity contribution >= 4 is 11.8 Å². The van der Waals surface area contributed by atoms with Gasteiger partial charge in [-0.1, -0.05) is 12.1 Å². The van der Waals surface area contributed by atoms with Gasteiger partial charge in [0.1, 0.15) is 0 Å². The minimum atomic E-state index is -0.196. The first-order valence-electron chi connectivity index (χ1n) is 8.65. The molecule has 0 unspecified atom stereocenters. The van der Waals surface area contributed by atoms with Crippen molar-refractivity contribution in [3.05, 3.63) is 24.3 Å². The van der Waals surface area contributed by atoms with Gasteiger partial charge in [-0.25, -0.2) is 0 Å². The topological polar surface area (TPSA) is 85.1 Å². The highest BCUT2D eigenvalue weighted by molar-refractivity contribution is 5.79. The molecule has 2 N–H and O–H groups in total. The molecule has 0 aromatic heterocycles. The Bertz CT molecular complexity index is 623. The van der Waals surface area contributed by atoms with Crippen molar-refractivity contribution in [3.63, 3.8) is 0 Å². The third kappa shape index (κ3) is 4.04. The van der Waals surface area contributed by atoms with Crippen molar-refractivity contribution < 1.29 is 19.1 Å². The number of ether oxygens (including phenoxy) is 2. The van der Waals surface area contributed by atoms with Gasteiger partial charge in [0.15, 0.2) is 18.1 Å². The highest BCUT2D eigenvalue weighted by Gasteiger charge is 2.37. The molecule has 25 heavy (non-hydrogen) atoms. The smallest absolute Gasteiger partial charge is 0.260 e. The minimum absolute atomic E-state index is 0.00307. The first kappa shape index (κ1) is 17.5. The van der Waals surface area contributed by atoms with Crippen molar-refractivity contribution in [2.75, 3.05) is 39.9 Å². The minimum Gasteiger partial charge on any atom is -0.493 e. The molecule has 1 aromatic carbocycles. The predicted molar refractivity (Wildman–Crippen MR) is 92.3 cm³/mol. The van der Waals surface area contributed by atoms with Crippen molar-refractivity contribution in [1.82, 2.24) is 9.80 Å². The summed E-state index contributed by atoms with van der Waals surface area (Å²) in [5.74, 6) is 0.981. The summed E-state index contributed by atoms with van der Waals surface area (Å²) in [7, 11) is 1.57. The molecule has 136 valence electrons. The van der Waals surface area contributed by atoms with E-state index in [1.54, 1.807) is 24.1 Å². The van der Waals surface area contributed by atoms with Crippen LogP contribution in [0.1, 0.15) is 12.8 Å². The average Bonchev–Trinajstić information content (AvgIpc) is 2.59. The summed E-state index contributed by atoms with van der Waals surface area (Å²) >= 11 is 0. The zero-order valence-corrected chi connectivity index (χ0v) is 14.5. The van der Waals surface area contributed by atoms with E-state index >= 15 is 0 Å². The van der Waals surface area contributed by atoms with Crippen molar-refractivity contribution in [2.45, 2.75) is 18.9 Å². The van der Waals surface area contributed by atoms with Crippen LogP contribution in [0.2, 0.25) is 0 Å². The Kier molecular flexibility index (Phi) is 5.43. The number of methoxy groups -OCH3 is 1. The summed E-state index contributed by atoms with van der Waals surface area (Å²) in [6.45, 7) is 3.19. The maximum Gasteiger partial charge on any atom is 0.260 e. The van der Waals surface area contributed by atoms with E-state index in [0.29, 0.717) is 17.5 Å². The van der Waals surface area contributed by atoms with Crippen LogP contribution in [0.5, 0.6) is 11.5 Å². The van der Waals surface area contributed by atoms with Gasteiger partial charge < -0.3 is 20.1 Å². The number of primary amides is 1. The van der Waals surface area contributed by atoms with Crippen LogP contribution in [0.3, 0.4) is 0 Å². The number of carbonyl (C=O) groups excluding carboxylic acids is 2. The van der Waals surface area contributed by atoms with Crippen molar-refractivity contribution in [2.24, 2.45) is 11.7 Å². The third-order valence-corrected chi connectivity index (χ3v) is 5.08. The van der Waals surface area contributed by atoms with E-state index in [4.69, 9.17) is 15.2 Å². The Morgan fingerprint density at radius 1 is 1.16 bits per heavy atom. The SMILES string of the molecule is COc1ccccc1OCC(=O)N1CC(N2CCC(C(N)=O)CC2)C1. The van der Waals surface area contributed by atoms with Crippen molar-refractivity contribution in [1.29, 1.82) is 0 Å². The lowest BCUT2D eigenvalue weighted by Crippen LogP contribution is -2.63. The molecule has 0 spiro atoms. The van der Waals surface area contributed by atoms with Crippen LogP contribution in [-0.4, -0.2) is 67.6 Å². The van der Waals surface area contributed by atoms with E-state index in [9.17, 15) is 9.59 Å². The van der Waals surface area contributed by atoms with Gasteiger partial charge in [0.25, 0.3) is 5.91 Å². The highest BCUT2D eigenvalue weighted by Crippen LogP contribution is 2.26. The fourth-order valence-electron chi connectivity index (χ4n) is 3.41. The van der Waals surface area contributed by atoms with Crippen LogP contribution in [0.15, 0.2) is 24.3 Å². The van der Waals surface area contributed by atoms with Crippen molar-refractivity contribution in [3.8, 4) is 11.5 Å². The Balaban J connectivity index is 1.41. The van der Waals surface area contributed by atoms with Crippen LogP contribution in [0, 0.1) is 5.92 Å². The Labute approximate surface area is 147 Å². The van der Waals surface area contributed by atoms with E-state index in [1.807, 2.05) is 12.1 Å². The Morgan fingerprint density at radius 3 is 2.40 bits per heavy atom. The molecule has 0 saturated carbocycles. The summed E-state index contributed by atoms with van der Waals surface area (Å²) in [6.07, 6.45) is 1.63. The quantitative estimate of drug-likeness (QED) is 0.809. The molecule has 7 heteroatoms. The number of rotatable bonds is 6. The molecule has 0 aliphatic carbocycles. The fourth-order valence-corrected chi connectivity index (χ4v) is 3.41. The van der Waals surface area contributed by atoms with Gasteiger partial charge >= 0.3 is 0 Å². The van der Waals surface area contributed by atoms with Crippen LogP contribution in [0.25, 0.3) is 0 Å². The summed E-state index contributed by atoms with van der Waals surface area (Å²) in [5.41, 5.74) is 5.37. The molecule has 2 saturated heterocycles. The molecule has 2 aliphatic rings.